The van der Waals surface area contributed by atoms with Crippen molar-refractivity contribution in [2.24, 2.45) is 0 Å². The second-order valence-electron chi connectivity index (χ2n) is 6.81. The molecule has 2 amide bonds. The highest BCUT2D eigenvalue weighted by Crippen LogP contribution is 2.40. The van der Waals surface area contributed by atoms with E-state index in [1.165, 1.54) is 32.0 Å². The highest BCUT2D eigenvalue weighted by molar-refractivity contribution is 7.93. The number of rotatable bonds is 8. The molecule has 0 saturated heterocycles. The number of hydrogen-bond acceptors (Lipinski definition) is 7. The highest BCUT2D eigenvalue weighted by Gasteiger charge is 2.38. The lowest BCUT2D eigenvalue weighted by atomic mass is 10.2. The van der Waals surface area contributed by atoms with Gasteiger partial charge in [-0.2, -0.15) is 8.78 Å². The van der Waals surface area contributed by atoms with Crippen LogP contribution in [-0.4, -0.2) is 61.1 Å². The van der Waals surface area contributed by atoms with E-state index in [4.69, 9.17) is 14.6 Å². The maximum Gasteiger partial charge on any atom is 0.409 e. The van der Waals surface area contributed by atoms with Crippen LogP contribution in [0, 0.1) is 0 Å². The van der Waals surface area contributed by atoms with Gasteiger partial charge >= 0.3 is 12.6 Å². The van der Waals surface area contributed by atoms with Crippen LogP contribution in [0.2, 0.25) is 0 Å². The van der Waals surface area contributed by atoms with E-state index in [9.17, 15) is 26.8 Å². The van der Waals surface area contributed by atoms with Gasteiger partial charge < -0.3 is 19.9 Å². The summed E-state index contributed by atoms with van der Waals surface area (Å²) in [5.41, 5.74) is 0.0197. The number of hydrogen-bond donors (Lipinski definition) is 3. The summed E-state index contributed by atoms with van der Waals surface area (Å²) in [6.07, 6.45) is -1.54. The van der Waals surface area contributed by atoms with Crippen LogP contribution < -0.4 is 24.4 Å². The zero-order valence-electron chi connectivity index (χ0n) is 17.5. The quantitative estimate of drug-likeness (QED) is 0.508. The third-order valence-electron chi connectivity index (χ3n) is 4.44. The normalized spacial score (nSPS) is 15.5. The zero-order valence-corrected chi connectivity index (χ0v) is 18.3. The largest absolute Gasteiger partial charge is 0.484 e. The first-order valence-corrected chi connectivity index (χ1v) is 11.0. The molecular weight excluding hydrogens is 468 g/mol. The Kier molecular flexibility index (Phi) is 6.90. The van der Waals surface area contributed by atoms with Gasteiger partial charge in [0.2, 0.25) is 5.91 Å². The predicted octanol–water partition coefficient (Wildman–Crippen LogP) is 1.86. The number of nitrogens with one attached hydrogen (secondary N) is 2. The molecule has 0 bridgehead atoms. The van der Waals surface area contributed by atoms with Gasteiger partial charge in [-0.3, -0.25) is 14.4 Å². The lowest BCUT2D eigenvalue weighted by Gasteiger charge is -2.35. The molecule has 2 heterocycles. The molecule has 1 aromatic heterocycles. The Bertz CT molecular complexity index is 1160. The molecule has 3 rings (SSSR count). The molecule has 0 saturated carbocycles. The summed E-state index contributed by atoms with van der Waals surface area (Å²) in [7, 11) is -4.53. The average molecular weight is 489 g/mol. The van der Waals surface area contributed by atoms with Crippen molar-refractivity contribution in [3.63, 3.8) is 0 Å². The fourth-order valence-corrected chi connectivity index (χ4v) is 4.66. The Hall–Kier alpha value is -3.62. The topological polar surface area (TPSA) is 152 Å². The number of ether oxygens (including phenoxy) is 2. The molecule has 1 unspecified atom stereocenters. The summed E-state index contributed by atoms with van der Waals surface area (Å²) in [6, 6.07) is 3.95. The van der Waals surface area contributed by atoms with Crippen LogP contribution in [0.1, 0.15) is 20.4 Å². The van der Waals surface area contributed by atoms with E-state index in [1.54, 1.807) is 0 Å². The van der Waals surface area contributed by atoms with E-state index < -0.39 is 39.5 Å². The van der Waals surface area contributed by atoms with Gasteiger partial charge in [0.25, 0.3) is 15.9 Å². The number of fused-ring (bicyclic) bond motifs is 1. The second kappa shape index (κ2) is 9.48. The lowest BCUT2D eigenvalue weighted by molar-refractivity contribution is -0.119. The van der Waals surface area contributed by atoms with Gasteiger partial charge in [-0.05, 0) is 25.1 Å². The summed E-state index contributed by atoms with van der Waals surface area (Å²) < 4.78 is 65.5. The molecule has 12 nitrogen and oxygen atoms in total. The van der Waals surface area contributed by atoms with E-state index in [0.29, 0.717) is 6.20 Å². The molecule has 1 aliphatic rings. The Morgan fingerprint density at radius 3 is 2.73 bits per heavy atom. The van der Waals surface area contributed by atoms with Gasteiger partial charge in [0.15, 0.2) is 4.90 Å². The van der Waals surface area contributed by atoms with Crippen LogP contribution in [-0.2, 0) is 14.8 Å². The molecule has 33 heavy (non-hydrogen) atoms. The molecule has 0 spiro atoms. The van der Waals surface area contributed by atoms with Crippen LogP contribution >= 0.6 is 0 Å². The number of benzene rings is 1. The molecule has 0 aliphatic carbocycles. The maximum absolute atomic E-state index is 13.6. The van der Waals surface area contributed by atoms with Gasteiger partial charge in [-0.15, -0.1) is 5.10 Å². The monoisotopic (exact) mass is 489 g/mol. The number of carboxylic acid groups (broad SMARTS) is 1. The number of anilines is 2. The van der Waals surface area contributed by atoms with E-state index in [2.05, 4.69) is 15.7 Å². The van der Waals surface area contributed by atoms with Crippen molar-refractivity contribution < 1.29 is 41.4 Å². The molecule has 2 aromatic rings. The van der Waals surface area contributed by atoms with Crippen molar-refractivity contribution in [3.05, 3.63) is 24.4 Å². The fraction of sp³-hybridized carbons (Fsp3) is 0.389. The molecule has 1 aliphatic heterocycles. The number of amides is 2. The number of aromatic nitrogens is 2. The number of sulfonamides is 1. The van der Waals surface area contributed by atoms with Crippen molar-refractivity contribution in [2.45, 2.75) is 31.4 Å². The SMILES string of the molecule is CCOc1nn(C(F)F)cc1S(=O)(=O)N1CC(CNC(C)=O)Oc2ccc(NC(=O)O)cc21. The van der Waals surface area contributed by atoms with Gasteiger partial charge in [0.1, 0.15) is 11.9 Å². The van der Waals surface area contributed by atoms with Crippen LogP contribution in [0.5, 0.6) is 11.6 Å². The van der Waals surface area contributed by atoms with E-state index in [1.807, 2.05) is 0 Å². The minimum absolute atomic E-state index is 0.0275. The van der Waals surface area contributed by atoms with E-state index in [0.717, 1.165) is 4.31 Å². The Morgan fingerprint density at radius 2 is 2.12 bits per heavy atom. The van der Waals surface area contributed by atoms with Gasteiger partial charge in [0, 0.05) is 12.6 Å². The first kappa shape index (κ1) is 24.0. The summed E-state index contributed by atoms with van der Waals surface area (Å²) in [6.45, 7) is -0.663. The van der Waals surface area contributed by atoms with Crippen molar-refractivity contribution in [3.8, 4) is 11.6 Å². The molecule has 15 heteroatoms. The van der Waals surface area contributed by atoms with Crippen LogP contribution in [0.3, 0.4) is 0 Å². The fourth-order valence-electron chi connectivity index (χ4n) is 3.10. The van der Waals surface area contributed by atoms with Crippen LogP contribution in [0.15, 0.2) is 29.3 Å². The van der Waals surface area contributed by atoms with Gasteiger partial charge in [-0.25, -0.2) is 17.9 Å². The summed E-state index contributed by atoms with van der Waals surface area (Å²) in [5.74, 6) is -0.795. The van der Waals surface area contributed by atoms with Crippen molar-refractivity contribution in [2.75, 3.05) is 29.3 Å². The third kappa shape index (κ3) is 5.24. The summed E-state index contributed by atoms with van der Waals surface area (Å²) in [5, 5.41) is 17.1. The van der Waals surface area contributed by atoms with Gasteiger partial charge in [-0.1, -0.05) is 0 Å². The first-order valence-electron chi connectivity index (χ1n) is 9.60. The number of carbonyl (C=O) groups excluding carboxylic acids is 1. The van der Waals surface area contributed by atoms with E-state index in [-0.39, 0.29) is 47.4 Å². The minimum atomic E-state index is -4.53. The Morgan fingerprint density at radius 1 is 1.39 bits per heavy atom. The molecule has 0 fully saturated rings. The average Bonchev–Trinajstić information content (AvgIpc) is 3.17. The summed E-state index contributed by atoms with van der Waals surface area (Å²) in [4.78, 5) is 21.7. The number of alkyl halides is 2. The molecule has 180 valence electrons. The Balaban J connectivity index is 2.10. The second-order valence-corrected chi connectivity index (χ2v) is 8.65. The molecule has 3 N–H and O–H groups in total. The maximum atomic E-state index is 13.6. The molecule has 0 radical (unpaired) electrons. The van der Waals surface area contributed by atoms with Crippen molar-refractivity contribution in [1.82, 2.24) is 15.1 Å². The van der Waals surface area contributed by atoms with Crippen LogP contribution in [0.25, 0.3) is 0 Å². The minimum Gasteiger partial charge on any atom is -0.484 e. The Labute approximate surface area is 187 Å². The first-order chi connectivity index (χ1) is 15.5. The molecule has 1 atom stereocenters. The van der Waals surface area contributed by atoms with Gasteiger partial charge in [0.05, 0.1) is 31.6 Å². The smallest absolute Gasteiger partial charge is 0.409 e. The van der Waals surface area contributed by atoms with E-state index >= 15 is 0 Å². The molecular formula is C18H21F2N5O7S. The predicted molar refractivity (Wildman–Crippen MR) is 110 cm³/mol. The standard InChI is InChI=1S/C18H21F2N5O7S/c1-3-31-16-15(9-24(23-16)17(19)20)33(29,30)25-8-12(7-21-10(2)26)32-14-5-4-11(6-13(14)25)22-18(27)28/h4-6,9,12,17,22H,3,7-8H2,1-2H3,(H,21,26)(H,27,28). The number of carbonyl (C=O) groups is 2. The summed E-state index contributed by atoms with van der Waals surface area (Å²) >= 11 is 0. The van der Waals surface area contributed by atoms with Crippen molar-refractivity contribution in [1.29, 1.82) is 0 Å². The highest BCUT2D eigenvalue weighted by atomic mass is 32.2. The van der Waals surface area contributed by atoms with Crippen molar-refractivity contribution >= 4 is 33.4 Å². The van der Waals surface area contributed by atoms with Crippen LogP contribution in [0.4, 0.5) is 25.0 Å². The lowest BCUT2D eigenvalue weighted by Crippen LogP contribution is -2.48. The molecule has 1 aromatic carbocycles. The third-order valence-corrected chi connectivity index (χ3v) is 6.20. The zero-order chi connectivity index (χ0) is 24.3. The number of halogens is 2. The number of nitrogens with zero attached hydrogens (tertiary/aromatic N) is 3.